The molecule has 90 valence electrons. The summed E-state index contributed by atoms with van der Waals surface area (Å²) in [6.07, 6.45) is 0.880. The van der Waals surface area contributed by atoms with E-state index in [0.29, 0.717) is 6.54 Å². The molecule has 2 rings (SSSR count). The second-order valence-corrected chi connectivity index (χ2v) is 4.80. The highest BCUT2D eigenvalue weighted by Gasteiger charge is 2.23. The number of carboxylic acids is 1. The molecule has 0 spiro atoms. The number of amides is 1. The maximum absolute atomic E-state index is 11.9. The summed E-state index contributed by atoms with van der Waals surface area (Å²) in [6.45, 7) is 0.700. The van der Waals surface area contributed by atoms with Crippen LogP contribution in [0.25, 0.3) is 0 Å². The molecule has 1 heterocycles. The SMILES string of the molecule is O=C(O)CSCC(=O)N1CCc2ccccc21. The van der Waals surface area contributed by atoms with Gasteiger partial charge in [-0.1, -0.05) is 18.2 Å². The van der Waals surface area contributed by atoms with Crippen LogP contribution in [0.5, 0.6) is 0 Å². The maximum Gasteiger partial charge on any atom is 0.313 e. The third-order valence-electron chi connectivity index (χ3n) is 2.64. The summed E-state index contributed by atoms with van der Waals surface area (Å²) in [5, 5.41) is 8.50. The van der Waals surface area contributed by atoms with Crippen molar-refractivity contribution in [2.45, 2.75) is 6.42 Å². The van der Waals surface area contributed by atoms with Crippen molar-refractivity contribution >= 4 is 29.3 Å². The zero-order valence-corrected chi connectivity index (χ0v) is 10.1. The quantitative estimate of drug-likeness (QED) is 0.878. The highest BCUT2D eigenvalue weighted by Crippen LogP contribution is 2.27. The number of para-hydroxylation sites is 1. The van der Waals surface area contributed by atoms with Gasteiger partial charge < -0.3 is 10.0 Å². The Hall–Kier alpha value is -1.49. The number of carbonyl (C=O) groups is 2. The van der Waals surface area contributed by atoms with Gasteiger partial charge in [0.25, 0.3) is 0 Å². The van der Waals surface area contributed by atoms with Crippen molar-refractivity contribution < 1.29 is 14.7 Å². The van der Waals surface area contributed by atoms with Gasteiger partial charge in [-0.05, 0) is 18.1 Å². The lowest BCUT2D eigenvalue weighted by molar-refractivity contribution is -0.133. The van der Waals surface area contributed by atoms with Gasteiger partial charge in [-0.2, -0.15) is 0 Å². The average molecular weight is 251 g/mol. The van der Waals surface area contributed by atoms with Gasteiger partial charge in [0.15, 0.2) is 0 Å². The van der Waals surface area contributed by atoms with Crippen LogP contribution in [0.4, 0.5) is 5.69 Å². The third-order valence-corrected chi connectivity index (χ3v) is 3.54. The van der Waals surface area contributed by atoms with E-state index < -0.39 is 5.97 Å². The number of benzene rings is 1. The lowest BCUT2D eigenvalue weighted by Gasteiger charge is -2.16. The van der Waals surface area contributed by atoms with Gasteiger partial charge in [0.1, 0.15) is 0 Å². The molecule has 0 aliphatic carbocycles. The molecule has 17 heavy (non-hydrogen) atoms. The number of anilines is 1. The smallest absolute Gasteiger partial charge is 0.313 e. The molecule has 1 aromatic carbocycles. The first-order chi connectivity index (χ1) is 8.18. The first-order valence-electron chi connectivity index (χ1n) is 5.36. The van der Waals surface area contributed by atoms with Crippen molar-refractivity contribution in [1.82, 2.24) is 0 Å². The molecule has 5 heteroatoms. The van der Waals surface area contributed by atoms with Crippen molar-refractivity contribution in [1.29, 1.82) is 0 Å². The minimum absolute atomic E-state index is 0.0128. The van der Waals surface area contributed by atoms with Crippen LogP contribution >= 0.6 is 11.8 Å². The zero-order valence-electron chi connectivity index (χ0n) is 9.26. The predicted molar refractivity (Wildman–Crippen MR) is 67.5 cm³/mol. The van der Waals surface area contributed by atoms with E-state index in [4.69, 9.17) is 5.11 Å². The molecule has 1 amide bonds. The van der Waals surface area contributed by atoms with Crippen molar-refractivity contribution in [3.8, 4) is 0 Å². The van der Waals surface area contributed by atoms with E-state index in [2.05, 4.69) is 0 Å². The molecule has 1 aliphatic rings. The molecule has 4 nitrogen and oxygen atoms in total. The molecule has 0 saturated heterocycles. The molecule has 1 aromatic rings. The van der Waals surface area contributed by atoms with Crippen LogP contribution in [0, 0.1) is 0 Å². The standard InChI is InChI=1S/C12H13NO3S/c14-11(7-17-8-12(15)16)13-6-5-9-3-1-2-4-10(9)13/h1-4H,5-8H2,(H,15,16). The van der Waals surface area contributed by atoms with Crippen LogP contribution < -0.4 is 4.90 Å². The molecular formula is C12H13NO3S. The summed E-state index contributed by atoms with van der Waals surface area (Å²) >= 11 is 1.14. The molecule has 0 bridgehead atoms. The Bertz CT molecular complexity index is 447. The van der Waals surface area contributed by atoms with Gasteiger partial charge in [0.05, 0.1) is 11.5 Å². The van der Waals surface area contributed by atoms with Crippen LogP contribution in [-0.4, -0.2) is 35.0 Å². The maximum atomic E-state index is 11.9. The minimum Gasteiger partial charge on any atom is -0.481 e. The van der Waals surface area contributed by atoms with Crippen molar-refractivity contribution in [3.63, 3.8) is 0 Å². The first-order valence-corrected chi connectivity index (χ1v) is 6.52. The number of hydrogen-bond donors (Lipinski definition) is 1. The number of hydrogen-bond acceptors (Lipinski definition) is 3. The number of nitrogens with zero attached hydrogens (tertiary/aromatic N) is 1. The van der Waals surface area contributed by atoms with E-state index in [1.807, 2.05) is 24.3 Å². The largest absolute Gasteiger partial charge is 0.481 e. The van der Waals surface area contributed by atoms with Crippen molar-refractivity contribution in [2.75, 3.05) is 23.0 Å². The first kappa shape index (κ1) is 12.0. The summed E-state index contributed by atoms with van der Waals surface area (Å²) in [5.74, 6) is -0.701. The Morgan fingerprint density at radius 3 is 2.82 bits per heavy atom. The fourth-order valence-electron chi connectivity index (χ4n) is 1.90. The number of thioether (sulfide) groups is 1. The molecular weight excluding hydrogens is 238 g/mol. The van der Waals surface area contributed by atoms with E-state index in [9.17, 15) is 9.59 Å². The highest BCUT2D eigenvalue weighted by molar-refractivity contribution is 8.00. The van der Waals surface area contributed by atoms with Crippen LogP contribution in [0.1, 0.15) is 5.56 Å². The topological polar surface area (TPSA) is 57.6 Å². The zero-order chi connectivity index (χ0) is 12.3. The highest BCUT2D eigenvalue weighted by atomic mass is 32.2. The Balaban J connectivity index is 1.96. The second kappa shape index (κ2) is 5.23. The van der Waals surface area contributed by atoms with Gasteiger partial charge in [0, 0.05) is 12.2 Å². The second-order valence-electron chi connectivity index (χ2n) is 3.81. The van der Waals surface area contributed by atoms with Gasteiger partial charge >= 0.3 is 5.97 Å². The number of fused-ring (bicyclic) bond motifs is 1. The van der Waals surface area contributed by atoms with E-state index in [1.54, 1.807) is 4.90 Å². The monoisotopic (exact) mass is 251 g/mol. The van der Waals surface area contributed by atoms with Crippen molar-refractivity contribution in [3.05, 3.63) is 29.8 Å². The molecule has 0 unspecified atom stereocenters. The van der Waals surface area contributed by atoms with Crippen LogP contribution in [0.15, 0.2) is 24.3 Å². The summed E-state index contributed by atoms with van der Waals surface area (Å²) < 4.78 is 0. The van der Waals surface area contributed by atoms with E-state index in [0.717, 1.165) is 23.9 Å². The fourth-order valence-corrected chi connectivity index (χ4v) is 2.51. The summed E-state index contributed by atoms with van der Waals surface area (Å²) in [6, 6.07) is 7.83. The third kappa shape index (κ3) is 2.79. The Morgan fingerprint density at radius 2 is 2.06 bits per heavy atom. The molecule has 1 aliphatic heterocycles. The molecule has 0 fully saturated rings. The average Bonchev–Trinajstić information content (AvgIpc) is 2.72. The summed E-state index contributed by atoms with van der Waals surface area (Å²) in [5.41, 5.74) is 2.15. The Kier molecular flexibility index (Phi) is 3.68. The number of carboxylic acid groups (broad SMARTS) is 1. The predicted octanol–water partition coefficient (Wildman–Crippen LogP) is 1.39. The fraction of sp³-hybridized carbons (Fsp3) is 0.333. The lowest BCUT2D eigenvalue weighted by Crippen LogP contribution is -2.30. The van der Waals surface area contributed by atoms with Gasteiger partial charge in [-0.25, -0.2) is 0 Å². The molecule has 0 atom stereocenters. The molecule has 1 N–H and O–H groups in total. The van der Waals surface area contributed by atoms with Crippen LogP contribution in [0.3, 0.4) is 0 Å². The van der Waals surface area contributed by atoms with E-state index in [1.165, 1.54) is 5.56 Å². The van der Waals surface area contributed by atoms with Crippen LogP contribution in [0.2, 0.25) is 0 Å². The van der Waals surface area contributed by atoms with Gasteiger partial charge in [0.2, 0.25) is 5.91 Å². The van der Waals surface area contributed by atoms with Crippen molar-refractivity contribution in [2.24, 2.45) is 0 Å². The molecule has 0 aromatic heterocycles. The Labute approximate surface area is 104 Å². The van der Waals surface area contributed by atoms with E-state index >= 15 is 0 Å². The Morgan fingerprint density at radius 1 is 1.29 bits per heavy atom. The van der Waals surface area contributed by atoms with Crippen LogP contribution in [-0.2, 0) is 16.0 Å². The normalized spacial score (nSPS) is 13.5. The molecule has 0 saturated carbocycles. The number of aliphatic carboxylic acids is 1. The number of carbonyl (C=O) groups excluding carboxylic acids is 1. The summed E-state index contributed by atoms with van der Waals surface area (Å²) in [7, 11) is 0. The lowest BCUT2D eigenvalue weighted by atomic mass is 10.2. The molecule has 0 radical (unpaired) electrons. The minimum atomic E-state index is -0.885. The van der Waals surface area contributed by atoms with Gasteiger partial charge in [-0.15, -0.1) is 11.8 Å². The number of rotatable bonds is 4. The van der Waals surface area contributed by atoms with Gasteiger partial charge in [-0.3, -0.25) is 9.59 Å². The van der Waals surface area contributed by atoms with E-state index in [-0.39, 0.29) is 17.4 Å². The summed E-state index contributed by atoms with van der Waals surface area (Å²) in [4.78, 5) is 24.0.